The van der Waals surface area contributed by atoms with Gasteiger partial charge in [0, 0.05) is 38.3 Å². The Morgan fingerprint density at radius 1 is 1.00 bits per heavy atom. The molecule has 0 radical (unpaired) electrons. The monoisotopic (exact) mass is 479 g/mol. The molecule has 1 aliphatic heterocycles. The fraction of sp³-hybridized carbons (Fsp3) is 0.423. The van der Waals surface area contributed by atoms with Gasteiger partial charge in [0.25, 0.3) is 0 Å². The first-order valence-electron chi connectivity index (χ1n) is 12.0. The Bertz CT molecular complexity index is 1060. The van der Waals surface area contributed by atoms with Gasteiger partial charge in [0.1, 0.15) is 11.6 Å². The molecule has 1 unspecified atom stereocenters. The van der Waals surface area contributed by atoms with Crippen LogP contribution in [-0.4, -0.2) is 75.1 Å². The average Bonchev–Trinajstić information content (AvgIpc) is 3.26. The van der Waals surface area contributed by atoms with Crippen molar-refractivity contribution in [1.82, 2.24) is 24.6 Å². The van der Waals surface area contributed by atoms with E-state index in [-0.39, 0.29) is 11.2 Å². The average molecular weight is 480 g/mol. The Labute approximate surface area is 206 Å². The van der Waals surface area contributed by atoms with Crippen LogP contribution in [-0.2, 0) is 11.2 Å². The van der Waals surface area contributed by atoms with E-state index >= 15 is 0 Å². The Morgan fingerprint density at radius 2 is 1.71 bits per heavy atom. The van der Waals surface area contributed by atoms with E-state index in [2.05, 4.69) is 38.7 Å². The van der Waals surface area contributed by atoms with Crippen LogP contribution in [0.15, 0.2) is 59.8 Å². The molecule has 3 aromatic rings. The number of ether oxygens (including phenoxy) is 1. The molecule has 2 heterocycles. The van der Waals surface area contributed by atoms with Gasteiger partial charge in [-0.15, -0.1) is 10.2 Å². The summed E-state index contributed by atoms with van der Waals surface area (Å²) in [5.74, 6) is 1.83. The highest BCUT2D eigenvalue weighted by Gasteiger charge is 2.27. The summed E-state index contributed by atoms with van der Waals surface area (Å²) < 4.78 is 7.68. The third kappa shape index (κ3) is 5.80. The molecule has 34 heavy (non-hydrogen) atoms. The lowest BCUT2D eigenvalue weighted by molar-refractivity contribution is -0.132. The molecular weight excluding hydrogens is 446 g/mol. The van der Waals surface area contributed by atoms with E-state index in [1.807, 2.05) is 61.2 Å². The van der Waals surface area contributed by atoms with E-state index in [0.29, 0.717) is 13.0 Å². The molecule has 1 atom stereocenters. The number of nitrogens with zero attached hydrogens (tertiary/aromatic N) is 5. The van der Waals surface area contributed by atoms with Crippen LogP contribution in [0.1, 0.15) is 32.2 Å². The molecule has 8 heteroatoms. The lowest BCUT2D eigenvalue weighted by Gasteiger charge is -2.35. The summed E-state index contributed by atoms with van der Waals surface area (Å²) in [5.41, 5.74) is 2.12. The maximum absolute atomic E-state index is 13.2. The maximum atomic E-state index is 13.2. The minimum Gasteiger partial charge on any atom is -0.494 e. The molecule has 1 fully saturated rings. The van der Waals surface area contributed by atoms with E-state index in [1.54, 1.807) is 0 Å². The standard InChI is InChI=1S/C26H33N5O2S/c1-4-29-15-17-30(18-16-29)25(32)20(3)34-26-28-27-24(19-21-9-7-6-8-10-21)31(26)22-11-13-23(14-12-22)33-5-2/h6-14,20H,4-5,15-19H2,1-3H3. The summed E-state index contributed by atoms with van der Waals surface area (Å²) in [4.78, 5) is 17.5. The van der Waals surface area contributed by atoms with Gasteiger partial charge in [0.05, 0.1) is 11.9 Å². The van der Waals surface area contributed by atoms with E-state index < -0.39 is 0 Å². The highest BCUT2D eigenvalue weighted by atomic mass is 32.2. The van der Waals surface area contributed by atoms with Crippen molar-refractivity contribution in [3.8, 4) is 11.4 Å². The summed E-state index contributed by atoms with van der Waals surface area (Å²) >= 11 is 1.47. The van der Waals surface area contributed by atoms with Crippen LogP contribution in [0, 0.1) is 0 Å². The maximum Gasteiger partial charge on any atom is 0.235 e. The second kappa shape index (κ2) is 11.5. The number of carbonyl (C=O) groups excluding carboxylic acids is 1. The second-order valence-corrected chi connectivity index (χ2v) is 9.65. The lowest BCUT2D eigenvalue weighted by Crippen LogP contribution is -2.50. The SMILES string of the molecule is CCOc1ccc(-n2c(Cc3ccccc3)nnc2SC(C)C(=O)N2CCN(CC)CC2)cc1. The van der Waals surface area contributed by atoms with Gasteiger partial charge in [-0.1, -0.05) is 49.0 Å². The zero-order chi connectivity index (χ0) is 23.9. The molecule has 0 saturated carbocycles. The first-order valence-corrected chi connectivity index (χ1v) is 12.9. The molecular formula is C26H33N5O2S. The highest BCUT2D eigenvalue weighted by molar-refractivity contribution is 8.00. The molecule has 2 aromatic carbocycles. The van der Waals surface area contributed by atoms with Gasteiger partial charge >= 0.3 is 0 Å². The Balaban J connectivity index is 1.57. The third-order valence-electron chi connectivity index (χ3n) is 6.07. The normalized spacial score (nSPS) is 15.3. The number of carbonyl (C=O) groups is 1. The molecule has 1 aliphatic rings. The molecule has 1 saturated heterocycles. The number of hydrogen-bond donors (Lipinski definition) is 0. The number of piperazine rings is 1. The second-order valence-electron chi connectivity index (χ2n) is 8.34. The van der Waals surface area contributed by atoms with Gasteiger partial charge < -0.3 is 14.5 Å². The minimum atomic E-state index is -0.247. The van der Waals surface area contributed by atoms with Crippen LogP contribution in [0.2, 0.25) is 0 Å². The molecule has 0 spiro atoms. The van der Waals surface area contributed by atoms with Crippen molar-refractivity contribution in [2.75, 3.05) is 39.3 Å². The zero-order valence-electron chi connectivity index (χ0n) is 20.2. The Morgan fingerprint density at radius 3 is 2.35 bits per heavy atom. The molecule has 180 valence electrons. The van der Waals surface area contributed by atoms with Crippen LogP contribution >= 0.6 is 11.8 Å². The van der Waals surface area contributed by atoms with Crippen LogP contribution in [0.5, 0.6) is 5.75 Å². The van der Waals surface area contributed by atoms with Crippen LogP contribution in [0.4, 0.5) is 0 Å². The van der Waals surface area contributed by atoms with E-state index in [4.69, 9.17) is 4.74 Å². The van der Waals surface area contributed by atoms with E-state index in [9.17, 15) is 4.79 Å². The van der Waals surface area contributed by atoms with Crippen molar-refractivity contribution in [3.63, 3.8) is 0 Å². The van der Waals surface area contributed by atoms with Crippen molar-refractivity contribution in [3.05, 3.63) is 66.0 Å². The van der Waals surface area contributed by atoms with Gasteiger partial charge in [-0.25, -0.2) is 0 Å². The zero-order valence-corrected chi connectivity index (χ0v) is 21.0. The summed E-state index contributed by atoms with van der Waals surface area (Å²) in [7, 11) is 0. The van der Waals surface area contributed by atoms with Crippen LogP contribution in [0.3, 0.4) is 0 Å². The largest absolute Gasteiger partial charge is 0.494 e. The van der Waals surface area contributed by atoms with Gasteiger partial charge in [0.15, 0.2) is 5.16 Å². The number of amides is 1. The van der Waals surface area contributed by atoms with Crippen LogP contribution < -0.4 is 4.74 Å². The third-order valence-corrected chi connectivity index (χ3v) is 7.10. The lowest BCUT2D eigenvalue weighted by atomic mass is 10.1. The number of aromatic nitrogens is 3. The molecule has 7 nitrogen and oxygen atoms in total. The van der Waals surface area contributed by atoms with Crippen molar-refractivity contribution in [1.29, 1.82) is 0 Å². The predicted octanol–water partition coefficient (Wildman–Crippen LogP) is 3.90. The molecule has 0 N–H and O–H groups in total. The topological polar surface area (TPSA) is 63.5 Å². The molecule has 1 aromatic heterocycles. The van der Waals surface area contributed by atoms with Crippen LogP contribution in [0.25, 0.3) is 5.69 Å². The number of likely N-dealkylation sites (N-methyl/N-ethyl adjacent to an activating group) is 1. The van der Waals surface area contributed by atoms with Crippen molar-refractivity contribution in [2.24, 2.45) is 0 Å². The van der Waals surface area contributed by atoms with Gasteiger partial charge in [-0.3, -0.25) is 9.36 Å². The summed E-state index contributed by atoms with van der Waals surface area (Å²) in [6, 6.07) is 18.2. The quantitative estimate of drug-likeness (QED) is 0.434. The number of benzene rings is 2. The van der Waals surface area contributed by atoms with E-state index in [0.717, 1.165) is 60.7 Å². The molecule has 0 bridgehead atoms. The van der Waals surface area contributed by atoms with Crippen molar-refractivity contribution < 1.29 is 9.53 Å². The number of hydrogen-bond acceptors (Lipinski definition) is 6. The molecule has 4 rings (SSSR count). The van der Waals surface area contributed by atoms with Gasteiger partial charge in [-0.2, -0.15) is 0 Å². The minimum absolute atomic E-state index is 0.159. The van der Waals surface area contributed by atoms with Gasteiger partial charge in [-0.05, 0) is 50.2 Å². The smallest absolute Gasteiger partial charge is 0.235 e. The summed E-state index contributed by atoms with van der Waals surface area (Å²) in [5, 5.41) is 9.51. The van der Waals surface area contributed by atoms with Crippen molar-refractivity contribution in [2.45, 2.75) is 37.6 Å². The van der Waals surface area contributed by atoms with E-state index in [1.165, 1.54) is 11.8 Å². The van der Waals surface area contributed by atoms with Crippen molar-refractivity contribution >= 4 is 17.7 Å². The summed E-state index contributed by atoms with van der Waals surface area (Å²) in [6.07, 6.45) is 0.656. The number of thioether (sulfide) groups is 1. The first-order chi connectivity index (χ1) is 16.6. The predicted molar refractivity (Wildman–Crippen MR) is 136 cm³/mol. The fourth-order valence-electron chi connectivity index (χ4n) is 4.14. The number of rotatable bonds is 9. The fourth-order valence-corrected chi connectivity index (χ4v) is 5.11. The van der Waals surface area contributed by atoms with Gasteiger partial charge in [0.2, 0.25) is 5.91 Å². The Kier molecular flexibility index (Phi) is 8.24. The highest BCUT2D eigenvalue weighted by Crippen LogP contribution is 2.29. The first kappa shape index (κ1) is 24.3. The molecule has 1 amide bonds. The Hall–Kier alpha value is -2.84. The molecule has 0 aliphatic carbocycles. The summed E-state index contributed by atoms with van der Waals surface area (Å²) in [6.45, 7) is 11.2.